The van der Waals surface area contributed by atoms with Crippen LogP contribution in [-0.4, -0.2) is 30.1 Å². The second kappa shape index (κ2) is 6.09. The van der Waals surface area contributed by atoms with Crippen molar-refractivity contribution in [3.05, 3.63) is 12.1 Å². The van der Waals surface area contributed by atoms with Gasteiger partial charge in [-0.1, -0.05) is 0 Å². The SMILES string of the molecule is COc1nc(NC(C)C(=O)NC(C)C)ccc1N. The van der Waals surface area contributed by atoms with Gasteiger partial charge < -0.3 is 21.1 Å². The largest absolute Gasteiger partial charge is 0.479 e. The Morgan fingerprint density at radius 1 is 1.39 bits per heavy atom. The van der Waals surface area contributed by atoms with E-state index < -0.39 is 0 Å². The summed E-state index contributed by atoms with van der Waals surface area (Å²) in [6, 6.07) is 3.11. The minimum absolute atomic E-state index is 0.0809. The van der Waals surface area contributed by atoms with Crippen molar-refractivity contribution in [2.75, 3.05) is 18.2 Å². The van der Waals surface area contributed by atoms with E-state index in [0.717, 1.165) is 0 Å². The third-order valence-corrected chi connectivity index (χ3v) is 2.27. The molecule has 6 heteroatoms. The Kier molecular flexibility index (Phi) is 4.76. The van der Waals surface area contributed by atoms with E-state index in [1.807, 2.05) is 13.8 Å². The molecule has 0 spiro atoms. The average Bonchev–Trinajstić information content (AvgIpc) is 2.30. The van der Waals surface area contributed by atoms with Gasteiger partial charge in [-0.05, 0) is 32.9 Å². The number of nitrogens with two attached hydrogens (primary N) is 1. The smallest absolute Gasteiger partial charge is 0.242 e. The highest BCUT2D eigenvalue weighted by Gasteiger charge is 2.14. The summed E-state index contributed by atoms with van der Waals surface area (Å²) in [7, 11) is 1.50. The molecule has 1 atom stereocenters. The van der Waals surface area contributed by atoms with Gasteiger partial charge in [0.25, 0.3) is 0 Å². The number of ether oxygens (including phenoxy) is 1. The number of anilines is 2. The van der Waals surface area contributed by atoms with E-state index >= 15 is 0 Å². The maximum absolute atomic E-state index is 11.7. The van der Waals surface area contributed by atoms with E-state index in [2.05, 4.69) is 15.6 Å². The average molecular weight is 252 g/mol. The van der Waals surface area contributed by atoms with Crippen molar-refractivity contribution in [2.45, 2.75) is 32.9 Å². The predicted molar refractivity (Wildman–Crippen MR) is 71.6 cm³/mol. The number of hydrogen-bond donors (Lipinski definition) is 3. The van der Waals surface area contributed by atoms with E-state index in [1.54, 1.807) is 19.1 Å². The molecule has 4 N–H and O–H groups in total. The number of amides is 1. The summed E-state index contributed by atoms with van der Waals surface area (Å²) in [5, 5.41) is 5.81. The Morgan fingerprint density at radius 3 is 2.61 bits per heavy atom. The summed E-state index contributed by atoms with van der Waals surface area (Å²) < 4.78 is 5.02. The molecule has 0 aliphatic heterocycles. The van der Waals surface area contributed by atoms with Crippen LogP contribution in [0.25, 0.3) is 0 Å². The Balaban J connectivity index is 2.69. The number of nitrogens with zero attached hydrogens (tertiary/aromatic N) is 1. The summed E-state index contributed by atoms with van der Waals surface area (Å²) >= 11 is 0. The van der Waals surface area contributed by atoms with Crippen molar-refractivity contribution in [1.29, 1.82) is 0 Å². The van der Waals surface area contributed by atoms with Crippen LogP contribution in [0.2, 0.25) is 0 Å². The van der Waals surface area contributed by atoms with Crippen molar-refractivity contribution >= 4 is 17.4 Å². The summed E-state index contributed by atoms with van der Waals surface area (Å²) in [5.41, 5.74) is 6.12. The maximum Gasteiger partial charge on any atom is 0.242 e. The van der Waals surface area contributed by atoms with Crippen LogP contribution in [-0.2, 0) is 4.79 Å². The zero-order chi connectivity index (χ0) is 13.7. The Morgan fingerprint density at radius 2 is 2.06 bits per heavy atom. The number of nitrogens with one attached hydrogen (secondary N) is 2. The molecule has 1 rings (SSSR count). The van der Waals surface area contributed by atoms with Gasteiger partial charge in [-0.15, -0.1) is 0 Å². The van der Waals surface area contributed by atoms with Crippen LogP contribution in [0, 0.1) is 0 Å². The second-order valence-electron chi connectivity index (χ2n) is 4.32. The van der Waals surface area contributed by atoms with Gasteiger partial charge in [-0.2, -0.15) is 4.98 Å². The third-order valence-electron chi connectivity index (χ3n) is 2.27. The first kappa shape index (κ1) is 14.1. The summed E-state index contributed by atoms with van der Waals surface area (Å²) in [4.78, 5) is 15.9. The second-order valence-corrected chi connectivity index (χ2v) is 4.32. The Hall–Kier alpha value is -1.98. The first-order valence-corrected chi connectivity index (χ1v) is 5.81. The molecule has 1 aromatic rings. The summed E-state index contributed by atoms with van der Waals surface area (Å²) in [6.07, 6.45) is 0. The highest BCUT2D eigenvalue weighted by molar-refractivity contribution is 5.84. The molecule has 1 unspecified atom stereocenters. The molecule has 6 nitrogen and oxygen atoms in total. The van der Waals surface area contributed by atoms with E-state index in [0.29, 0.717) is 17.4 Å². The van der Waals surface area contributed by atoms with Gasteiger partial charge in [0.1, 0.15) is 11.9 Å². The number of nitrogen functional groups attached to an aromatic ring is 1. The van der Waals surface area contributed by atoms with Crippen LogP contribution in [0.3, 0.4) is 0 Å². The first-order chi connectivity index (χ1) is 8.43. The number of rotatable bonds is 5. The molecular weight excluding hydrogens is 232 g/mol. The van der Waals surface area contributed by atoms with Crippen LogP contribution in [0.5, 0.6) is 5.88 Å². The fourth-order valence-corrected chi connectivity index (χ4v) is 1.39. The minimum atomic E-state index is -0.381. The van der Waals surface area contributed by atoms with Crippen molar-refractivity contribution < 1.29 is 9.53 Å². The van der Waals surface area contributed by atoms with Crippen molar-refractivity contribution in [3.8, 4) is 5.88 Å². The molecule has 0 aliphatic rings. The summed E-state index contributed by atoms with van der Waals surface area (Å²) in [6.45, 7) is 5.59. The molecule has 1 amide bonds. The number of carbonyl (C=O) groups excluding carboxylic acids is 1. The number of aromatic nitrogens is 1. The molecule has 0 saturated heterocycles. The zero-order valence-electron chi connectivity index (χ0n) is 11.2. The van der Waals surface area contributed by atoms with Crippen LogP contribution in [0.4, 0.5) is 11.5 Å². The number of methoxy groups -OCH3 is 1. The van der Waals surface area contributed by atoms with Gasteiger partial charge in [0.2, 0.25) is 11.8 Å². The fourth-order valence-electron chi connectivity index (χ4n) is 1.39. The molecule has 0 aromatic carbocycles. The number of hydrogen-bond acceptors (Lipinski definition) is 5. The Labute approximate surface area is 107 Å². The monoisotopic (exact) mass is 252 g/mol. The lowest BCUT2D eigenvalue weighted by atomic mass is 10.2. The topological polar surface area (TPSA) is 89.3 Å². The van der Waals surface area contributed by atoms with E-state index in [-0.39, 0.29) is 18.0 Å². The zero-order valence-corrected chi connectivity index (χ0v) is 11.2. The van der Waals surface area contributed by atoms with Gasteiger partial charge >= 0.3 is 0 Å². The molecule has 1 aromatic heterocycles. The predicted octanol–water partition coefficient (Wildman–Crippen LogP) is 0.997. The summed E-state index contributed by atoms with van der Waals surface area (Å²) in [5.74, 6) is 0.812. The van der Waals surface area contributed by atoms with Crippen molar-refractivity contribution in [3.63, 3.8) is 0 Å². The van der Waals surface area contributed by atoms with Crippen LogP contribution < -0.4 is 21.1 Å². The van der Waals surface area contributed by atoms with E-state index in [4.69, 9.17) is 10.5 Å². The molecule has 0 radical (unpaired) electrons. The van der Waals surface area contributed by atoms with Crippen molar-refractivity contribution in [1.82, 2.24) is 10.3 Å². The minimum Gasteiger partial charge on any atom is -0.479 e. The van der Waals surface area contributed by atoms with Gasteiger partial charge in [0, 0.05) is 6.04 Å². The molecule has 0 saturated carbocycles. The highest BCUT2D eigenvalue weighted by atomic mass is 16.5. The van der Waals surface area contributed by atoms with E-state index in [1.165, 1.54) is 7.11 Å². The van der Waals surface area contributed by atoms with Gasteiger partial charge in [-0.3, -0.25) is 4.79 Å². The third kappa shape index (κ3) is 3.80. The van der Waals surface area contributed by atoms with Gasteiger partial charge in [-0.25, -0.2) is 0 Å². The molecule has 0 aliphatic carbocycles. The lowest BCUT2D eigenvalue weighted by molar-refractivity contribution is -0.122. The van der Waals surface area contributed by atoms with Gasteiger partial charge in [0.05, 0.1) is 12.8 Å². The quantitative estimate of drug-likeness (QED) is 0.727. The van der Waals surface area contributed by atoms with Crippen LogP contribution in [0.15, 0.2) is 12.1 Å². The van der Waals surface area contributed by atoms with Crippen LogP contribution >= 0.6 is 0 Å². The molecule has 100 valence electrons. The number of carbonyl (C=O) groups is 1. The molecule has 0 bridgehead atoms. The fraction of sp³-hybridized carbons (Fsp3) is 0.500. The first-order valence-electron chi connectivity index (χ1n) is 5.81. The molecule has 18 heavy (non-hydrogen) atoms. The highest BCUT2D eigenvalue weighted by Crippen LogP contribution is 2.20. The molecular formula is C12H20N4O2. The lowest BCUT2D eigenvalue weighted by Crippen LogP contribution is -2.41. The maximum atomic E-state index is 11.7. The lowest BCUT2D eigenvalue weighted by Gasteiger charge is -2.17. The van der Waals surface area contributed by atoms with E-state index in [9.17, 15) is 4.79 Å². The number of pyridine rings is 1. The normalized spacial score (nSPS) is 12.1. The Bertz CT molecular complexity index is 421. The standard InChI is InChI=1S/C12H20N4O2/c1-7(2)14-11(17)8(3)15-10-6-5-9(13)12(16-10)18-4/h5-8H,13H2,1-4H3,(H,14,17)(H,15,16). The molecule has 1 heterocycles. The van der Waals surface area contributed by atoms with Crippen LogP contribution in [0.1, 0.15) is 20.8 Å². The van der Waals surface area contributed by atoms with Gasteiger partial charge in [0.15, 0.2) is 0 Å². The molecule has 0 fully saturated rings. The van der Waals surface area contributed by atoms with Crippen molar-refractivity contribution in [2.24, 2.45) is 0 Å².